The Morgan fingerprint density at radius 3 is 2.35 bits per heavy atom. The van der Waals surface area contributed by atoms with Gasteiger partial charge in [-0.05, 0) is 43.3 Å². The second-order valence-corrected chi connectivity index (χ2v) is 5.37. The summed E-state index contributed by atoms with van der Waals surface area (Å²) < 4.78 is 10.8. The number of anilines is 2. The molecule has 2 aromatic carbocycles. The molecule has 1 unspecified atom stereocenters. The number of nitrogens with one attached hydrogen (secondary N) is 1. The van der Waals surface area contributed by atoms with E-state index in [1.165, 1.54) is 0 Å². The molecule has 0 fully saturated rings. The van der Waals surface area contributed by atoms with E-state index < -0.39 is 6.10 Å². The lowest BCUT2D eigenvalue weighted by molar-refractivity contribution is -0.122. The highest BCUT2D eigenvalue weighted by atomic mass is 16.5. The Hall–Kier alpha value is -2.69. The number of carbonyl (C=O) groups excluding carboxylic acids is 1. The molecule has 0 radical (unpaired) electrons. The number of carbonyl (C=O) groups is 1. The lowest BCUT2D eigenvalue weighted by atomic mass is 10.2. The highest BCUT2D eigenvalue weighted by Crippen LogP contribution is 2.21. The number of rotatable bonds is 6. The molecule has 0 heterocycles. The van der Waals surface area contributed by atoms with Gasteiger partial charge in [0.05, 0.1) is 7.11 Å². The first-order chi connectivity index (χ1) is 11.0. The van der Waals surface area contributed by atoms with E-state index >= 15 is 0 Å². The highest BCUT2D eigenvalue weighted by Gasteiger charge is 2.15. The maximum absolute atomic E-state index is 12.2. The van der Waals surface area contributed by atoms with Gasteiger partial charge in [-0.3, -0.25) is 4.79 Å². The molecule has 0 spiro atoms. The molecule has 0 aromatic heterocycles. The molecule has 0 aliphatic carbocycles. The summed E-state index contributed by atoms with van der Waals surface area (Å²) in [7, 11) is 5.53. The molecule has 122 valence electrons. The zero-order chi connectivity index (χ0) is 16.8. The summed E-state index contributed by atoms with van der Waals surface area (Å²) in [6.07, 6.45) is -0.615. The summed E-state index contributed by atoms with van der Waals surface area (Å²) in [6.45, 7) is 1.71. The summed E-state index contributed by atoms with van der Waals surface area (Å²) in [6, 6.07) is 14.8. The van der Waals surface area contributed by atoms with Gasteiger partial charge in [-0.2, -0.15) is 0 Å². The predicted molar refractivity (Wildman–Crippen MR) is 92.5 cm³/mol. The summed E-state index contributed by atoms with van der Waals surface area (Å²) in [4.78, 5) is 14.2. The zero-order valence-electron chi connectivity index (χ0n) is 13.9. The Bertz CT molecular complexity index is 654. The first kappa shape index (κ1) is 16.7. The average Bonchev–Trinajstić information content (AvgIpc) is 2.55. The van der Waals surface area contributed by atoms with Crippen LogP contribution >= 0.6 is 0 Å². The fourth-order valence-corrected chi connectivity index (χ4v) is 2.02. The van der Waals surface area contributed by atoms with Crippen LogP contribution in [0.1, 0.15) is 6.92 Å². The van der Waals surface area contributed by atoms with Gasteiger partial charge in [-0.25, -0.2) is 0 Å². The maximum atomic E-state index is 12.2. The van der Waals surface area contributed by atoms with E-state index in [1.807, 2.05) is 55.4 Å². The Labute approximate surface area is 136 Å². The average molecular weight is 314 g/mol. The number of nitrogens with zero attached hydrogens (tertiary/aromatic N) is 1. The third-order valence-corrected chi connectivity index (χ3v) is 3.37. The van der Waals surface area contributed by atoms with Crippen molar-refractivity contribution >= 4 is 17.3 Å². The van der Waals surface area contributed by atoms with E-state index in [4.69, 9.17) is 9.47 Å². The van der Waals surface area contributed by atoms with Gasteiger partial charge >= 0.3 is 0 Å². The smallest absolute Gasteiger partial charge is 0.265 e. The van der Waals surface area contributed by atoms with Crippen molar-refractivity contribution < 1.29 is 14.3 Å². The normalized spacial score (nSPS) is 11.5. The third kappa shape index (κ3) is 4.64. The van der Waals surface area contributed by atoms with E-state index in [9.17, 15) is 4.79 Å². The van der Waals surface area contributed by atoms with Gasteiger partial charge in [0.1, 0.15) is 11.5 Å². The van der Waals surface area contributed by atoms with Gasteiger partial charge < -0.3 is 19.7 Å². The quantitative estimate of drug-likeness (QED) is 0.890. The molecule has 0 bridgehead atoms. The van der Waals surface area contributed by atoms with Crippen molar-refractivity contribution in [2.24, 2.45) is 0 Å². The lowest BCUT2D eigenvalue weighted by Gasteiger charge is -2.16. The number of hydrogen-bond donors (Lipinski definition) is 1. The molecular formula is C18H22N2O3. The van der Waals surface area contributed by atoms with E-state index in [2.05, 4.69) is 5.32 Å². The molecule has 2 rings (SSSR count). The largest absolute Gasteiger partial charge is 0.497 e. The topological polar surface area (TPSA) is 50.8 Å². The standard InChI is InChI=1S/C18H22N2O3/c1-13(23-17-7-5-6-16(12-17)22-4)18(21)19-14-8-10-15(11-9-14)20(2)3/h5-13H,1-4H3,(H,19,21). The molecule has 0 aliphatic heterocycles. The molecule has 1 N–H and O–H groups in total. The molecular weight excluding hydrogens is 292 g/mol. The molecule has 23 heavy (non-hydrogen) atoms. The highest BCUT2D eigenvalue weighted by molar-refractivity contribution is 5.94. The van der Waals surface area contributed by atoms with E-state index in [-0.39, 0.29) is 5.91 Å². The minimum absolute atomic E-state index is 0.203. The van der Waals surface area contributed by atoms with Crippen LogP contribution in [0.15, 0.2) is 48.5 Å². The van der Waals surface area contributed by atoms with E-state index in [1.54, 1.807) is 26.2 Å². The SMILES string of the molecule is COc1cccc(OC(C)C(=O)Nc2ccc(N(C)C)cc2)c1. The van der Waals surface area contributed by atoms with E-state index in [0.29, 0.717) is 11.5 Å². The van der Waals surface area contributed by atoms with E-state index in [0.717, 1.165) is 11.4 Å². The second kappa shape index (κ2) is 7.54. The molecule has 5 heteroatoms. The van der Waals surface area contributed by atoms with Crippen molar-refractivity contribution in [3.8, 4) is 11.5 Å². The van der Waals surface area contributed by atoms with Gasteiger partial charge in [0.2, 0.25) is 0 Å². The van der Waals surface area contributed by atoms with Crippen molar-refractivity contribution in [2.75, 3.05) is 31.4 Å². The molecule has 0 saturated heterocycles. The summed E-state index contributed by atoms with van der Waals surface area (Å²) in [5, 5.41) is 2.84. The summed E-state index contributed by atoms with van der Waals surface area (Å²) in [5.41, 5.74) is 1.81. The summed E-state index contributed by atoms with van der Waals surface area (Å²) in [5.74, 6) is 1.08. The van der Waals surface area contributed by atoms with Crippen molar-refractivity contribution in [3.05, 3.63) is 48.5 Å². The number of ether oxygens (including phenoxy) is 2. The number of hydrogen-bond acceptors (Lipinski definition) is 4. The molecule has 2 aromatic rings. The zero-order valence-corrected chi connectivity index (χ0v) is 13.9. The number of methoxy groups -OCH3 is 1. The molecule has 1 atom stereocenters. The van der Waals surface area contributed by atoms with Gasteiger partial charge in [-0.15, -0.1) is 0 Å². The fourth-order valence-electron chi connectivity index (χ4n) is 2.02. The minimum Gasteiger partial charge on any atom is -0.497 e. The maximum Gasteiger partial charge on any atom is 0.265 e. The Balaban J connectivity index is 1.96. The third-order valence-electron chi connectivity index (χ3n) is 3.37. The predicted octanol–water partition coefficient (Wildman–Crippen LogP) is 3.17. The van der Waals surface area contributed by atoms with Gasteiger partial charge in [-0.1, -0.05) is 6.07 Å². The van der Waals surface area contributed by atoms with Crippen molar-refractivity contribution in [2.45, 2.75) is 13.0 Å². The van der Waals surface area contributed by atoms with Crippen LogP contribution in [0, 0.1) is 0 Å². The molecule has 5 nitrogen and oxygen atoms in total. The Morgan fingerprint density at radius 2 is 1.74 bits per heavy atom. The van der Waals surface area contributed by atoms with Crippen LogP contribution in [0.25, 0.3) is 0 Å². The van der Waals surface area contributed by atoms with Gasteiger partial charge in [0.25, 0.3) is 5.91 Å². The summed E-state index contributed by atoms with van der Waals surface area (Å²) >= 11 is 0. The Kier molecular flexibility index (Phi) is 5.46. The number of amides is 1. The van der Waals surface area contributed by atoms with Crippen LogP contribution < -0.4 is 19.7 Å². The Morgan fingerprint density at radius 1 is 1.09 bits per heavy atom. The molecule has 0 aliphatic rings. The van der Waals surface area contributed by atoms with Crippen LogP contribution in [0.3, 0.4) is 0 Å². The lowest BCUT2D eigenvalue weighted by Crippen LogP contribution is -2.30. The monoisotopic (exact) mass is 314 g/mol. The van der Waals surface area contributed by atoms with Crippen molar-refractivity contribution in [3.63, 3.8) is 0 Å². The second-order valence-electron chi connectivity index (χ2n) is 5.37. The van der Waals surface area contributed by atoms with Crippen molar-refractivity contribution in [1.29, 1.82) is 0 Å². The fraction of sp³-hybridized carbons (Fsp3) is 0.278. The first-order valence-corrected chi connectivity index (χ1v) is 7.38. The number of benzene rings is 2. The first-order valence-electron chi connectivity index (χ1n) is 7.38. The van der Waals surface area contributed by atoms with Gasteiger partial charge in [0.15, 0.2) is 6.10 Å². The minimum atomic E-state index is -0.615. The molecule has 0 saturated carbocycles. The van der Waals surface area contributed by atoms with Gasteiger partial charge in [0, 0.05) is 31.5 Å². The van der Waals surface area contributed by atoms with Crippen LogP contribution in [0.4, 0.5) is 11.4 Å². The van der Waals surface area contributed by atoms with Crippen LogP contribution in [-0.4, -0.2) is 33.2 Å². The van der Waals surface area contributed by atoms with Crippen LogP contribution in [0.5, 0.6) is 11.5 Å². The van der Waals surface area contributed by atoms with Crippen LogP contribution in [0.2, 0.25) is 0 Å². The van der Waals surface area contributed by atoms with Crippen molar-refractivity contribution in [1.82, 2.24) is 0 Å². The molecule has 1 amide bonds. The van der Waals surface area contributed by atoms with Crippen LogP contribution in [-0.2, 0) is 4.79 Å².